The van der Waals surface area contributed by atoms with Crippen molar-refractivity contribution in [1.29, 1.82) is 5.26 Å². The Morgan fingerprint density at radius 1 is 1.08 bits per heavy atom. The van der Waals surface area contributed by atoms with Crippen LogP contribution in [0.3, 0.4) is 0 Å². The summed E-state index contributed by atoms with van der Waals surface area (Å²) in [6, 6.07) is 22.1. The Bertz CT molecular complexity index is 824. The van der Waals surface area contributed by atoms with E-state index < -0.39 is 0 Å². The quantitative estimate of drug-likeness (QED) is 0.545. The SMILES string of the molecule is Cc1csc(/C(C#N)=C/NN(c2ccccc2)c2ccccc2)n1. The van der Waals surface area contributed by atoms with Crippen LogP contribution in [0.4, 0.5) is 11.4 Å². The standard InChI is InChI=1S/C19H16N4S/c1-15-14-24-19(22-15)16(12-20)13-21-23(17-8-4-2-5-9-17)18-10-6-3-7-11-18/h2-11,13-14,21H,1H3/b16-13+. The van der Waals surface area contributed by atoms with Crippen molar-refractivity contribution in [3.05, 3.63) is 82.9 Å². The van der Waals surface area contributed by atoms with E-state index in [1.807, 2.05) is 78.0 Å². The lowest BCUT2D eigenvalue weighted by Crippen LogP contribution is -2.29. The van der Waals surface area contributed by atoms with E-state index in [1.165, 1.54) is 11.3 Å². The molecule has 0 radical (unpaired) electrons. The summed E-state index contributed by atoms with van der Waals surface area (Å²) in [6.45, 7) is 1.92. The first-order valence-electron chi connectivity index (χ1n) is 7.47. The number of benzene rings is 2. The third-order valence-electron chi connectivity index (χ3n) is 3.34. The third-order valence-corrected chi connectivity index (χ3v) is 4.33. The molecule has 0 fully saturated rings. The van der Waals surface area contributed by atoms with Gasteiger partial charge in [0.05, 0.1) is 11.4 Å². The van der Waals surface area contributed by atoms with Crippen LogP contribution >= 0.6 is 11.3 Å². The number of para-hydroxylation sites is 2. The Morgan fingerprint density at radius 3 is 2.12 bits per heavy atom. The maximum Gasteiger partial charge on any atom is 0.135 e. The molecule has 1 heterocycles. The van der Waals surface area contributed by atoms with Crippen molar-refractivity contribution in [2.75, 3.05) is 5.01 Å². The average Bonchev–Trinajstić information content (AvgIpc) is 3.06. The molecule has 0 spiro atoms. The molecule has 0 atom stereocenters. The summed E-state index contributed by atoms with van der Waals surface area (Å²) >= 11 is 1.47. The van der Waals surface area contributed by atoms with E-state index in [0.717, 1.165) is 17.1 Å². The van der Waals surface area contributed by atoms with E-state index in [4.69, 9.17) is 0 Å². The fraction of sp³-hybridized carbons (Fsp3) is 0.0526. The molecule has 118 valence electrons. The fourth-order valence-electron chi connectivity index (χ4n) is 2.20. The van der Waals surface area contributed by atoms with Crippen LogP contribution in [0.2, 0.25) is 0 Å². The van der Waals surface area contributed by atoms with E-state index in [2.05, 4.69) is 16.5 Å². The molecule has 0 amide bonds. The van der Waals surface area contributed by atoms with Gasteiger partial charge in [-0.25, -0.2) is 4.98 Å². The van der Waals surface area contributed by atoms with E-state index in [1.54, 1.807) is 6.20 Å². The number of thiazole rings is 1. The van der Waals surface area contributed by atoms with Crippen molar-refractivity contribution in [2.24, 2.45) is 0 Å². The first-order valence-corrected chi connectivity index (χ1v) is 8.35. The smallest absolute Gasteiger partial charge is 0.135 e. The number of nitrogens with one attached hydrogen (secondary N) is 1. The van der Waals surface area contributed by atoms with Crippen LogP contribution in [0.25, 0.3) is 5.57 Å². The molecule has 2 aromatic carbocycles. The summed E-state index contributed by atoms with van der Waals surface area (Å²) in [5.41, 5.74) is 6.61. The average molecular weight is 332 g/mol. The minimum atomic E-state index is 0.505. The summed E-state index contributed by atoms with van der Waals surface area (Å²) in [5, 5.41) is 14.0. The number of hydrazine groups is 1. The Morgan fingerprint density at radius 2 is 1.67 bits per heavy atom. The molecular weight excluding hydrogens is 316 g/mol. The second kappa shape index (κ2) is 7.44. The van der Waals surface area contributed by atoms with Gasteiger partial charge in [0.2, 0.25) is 0 Å². The number of hydrogen-bond acceptors (Lipinski definition) is 5. The zero-order chi connectivity index (χ0) is 16.8. The molecule has 0 saturated heterocycles. The molecule has 0 aliphatic heterocycles. The van der Waals surface area contributed by atoms with E-state index in [0.29, 0.717) is 10.6 Å². The summed E-state index contributed by atoms with van der Waals surface area (Å²) in [7, 11) is 0. The molecule has 0 unspecified atom stereocenters. The lowest BCUT2D eigenvalue weighted by atomic mass is 10.2. The molecule has 1 N–H and O–H groups in total. The molecule has 0 aliphatic rings. The van der Waals surface area contributed by atoms with Gasteiger partial charge in [0.25, 0.3) is 0 Å². The van der Waals surface area contributed by atoms with Gasteiger partial charge in [0, 0.05) is 17.3 Å². The maximum atomic E-state index is 9.43. The Kier molecular flexibility index (Phi) is 4.90. The number of nitrogens with zero attached hydrogens (tertiary/aromatic N) is 3. The summed E-state index contributed by atoms with van der Waals surface area (Å²) in [6.07, 6.45) is 1.69. The second-order valence-electron chi connectivity index (χ2n) is 5.10. The predicted octanol–water partition coefficient (Wildman–Crippen LogP) is 4.66. The number of aryl methyl sites for hydroxylation is 1. The molecule has 24 heavy (non-hydrogen) atoms. The largest absolute Gasteiger partial charge is 0.300 e. The molecular formula is C19H16N4S. The minimum Gasteiger partial charge on any atom is -0.300 e. The number of allylic oxidation sites excluding steroid dienone is 1. The Labute approximate surface area is 145 Å². The first kappa shape index (κ1) is 15.8. The molecule has 4 nitrogen and oxygen atoms in total. The van der Waals surface area contributed by atoms with E-state index >= 15 is 0 Å². The van der Waals surface area contributed by atoms with E-state index in [-0.39, 0.29) is 0 Å². The van der Waals surface area contributed by atoms with Crippen LogP contribution in [0, 0.1) is 18.3 Å². The van der Waals surface area contributed by atoms with Gasteiger partial charge in [-0.1, -0.05) is 36.4 Å². The molecule has 3 rings (SSSR count). The van der Waals surface area contributed by atoms with Crippen molar-refractivity contribution < 1.29 is 0 Å². The van der Waals surface area contributed by atoms with Crippen LogP contribution in [-0.4, -0.2) is 4.98 Å². The number of nitriles is 1. The highest BCUT2D eigenvalue weighted by molar-refractivity contribution is 7.10. The highest BCUT2D eigenvalue weighted by Crippen LogP contribution is 2.23. The lowest BCUT2D eigenvalue weighted by molar-refractivity contribution is 0.889. The summed E-state index contributed by atoms with van der Waals surface area (Å²) in [4.78, 5) is 4.37. The highest BCUT2D eigenvalue weighted by atomic mass is 32.1. The van der Waals surface area contributed by atoms with Gasteiger partial charge in [-0.05, 0) is 31.2 Å². The zero-order valence-electron chi connectivity index (χ0n) is 13.2. The molecule has 1 aromatic heterocycles. The number of aromatic nitrogens is 1. The summed E-state index contributed by atoms with van der Waals surface area (Å²) < 4.78 is 0. The van der Waals surface area contributed by atoms with Gasteiger partial charge in [-0.2, -0.15) is 5.26 Å². The topological polar surface area (TPSA) is 52.0 Å². The number of anilines is 2. The zero-order valence-corrected chi connectivity index (χ0v) is 14.0. The molecule has 0 aliphatic carbocycles. The van der Waals surface area contributed by atoms with E-state index in [9.17, 15) is 5.26 Å². The molecule has 0 bridgehead atoms. The van der Waals surface area contributed by atoms with Crippen LogP contribution in [0.15, 0.2) is 72.2 Å². The second-order valence-corrected chi connectivity index (χ2v) is 5.96. The first-order chi connectivity index (χ1) is 11.8. The summed E-state index contributed by atoms with van der Waals surface area (Å²) in [5.74, 6) is 0. The predicted molar refractivity (Wildman–Crippen MR) is 98.6 cm³/mol. The normalized spacial score (nSPS) is 10.9. The lowest BCUT2D eigenvalue weighted by Gasteiger charge is -2.24. The third kappa shape index (κ3) is 3.62. The monoisotopic (exact) mass is 332 g/mol. The van der Waals surface area contributed by atoms with Crippen LogP contribution in [0.5, 0.6) is 0 Å². The van der Waals surface area contributed by atoms with Gasteiger partial charge in [-0.3, -0.25) is 10.4 Å². The van der Waals surface area contributed by atoms with Crippen LogP contribution < -0.4 is 10.4 Å². The van der Waals surface area contributed by atoms with Gasteiger partial charge in [0.15, 0.2) is 0 Å². The molecule has 3 aromatic rings. The maximum absolute atomic E-state index is 9.43. The highest BCUT2D eigenvalue weighted by Gasteiger charge is 2.09. The molecule has 0 saturated carbocycles. The van der Waals surface area contributed by atoms with Gasteiger partial charge in [0.1, 0.15) is 16.6 Å². The van der Waals surface area contributed by atoms with Crippen molar-refractivity contribution in [3.63, 3.8) is 0 Å². The molecule has 5 heteroatoms. The Hall–Kier alpha value is -3.10. The fourth-order valence-corrected chi connectivity index (χ4v) is 2.96. The van der Waals surface area contributed by atoms with Crippen molar-refractivity contribution >= 4 is 28.3 Å². The number of hydrogen-bond donors (Lipinski definition) is 1. The van der Waals surface area contributed by atoms with Crippen molar-refractivity contribution in [3.8, 4) is 6.07 Å². The minimum absolute atomic E-state index is 0.505. The van der Waals surface area contributed by atoms with Crippen LogP contribution in [-0.2, 0) is 0 Å². The number of rotatable bonds is 5. The van der Waals surface area contributed by atoms with Gasteiger partial charge >= 0.3 is 0 Å². The Balaban J connectivity index is 1.92. The van der Waals surface area contributed by atoms with Crippen molar-refractivity contribution in [2.45, 2.75) is 6.92 Å². The van der Waals surface area contributed by atoms with Crippen LogP contribution in [0.1, 0.15) is 10.7 Å². The van der Waals surface area contributed by atoms with Gasteiger partial charge < -0.3 is 0 Å². The van der Waals surface area contributed by atoms with Gasteiger partial charge in [-0.15, -0.1) is 11.3 Å². The van der Waals surface area contributed by atoms with Crippen molar-refractivity contribution in [1.82, 2.24) is 10.4 Å².